The van der Waals surface area contributed by atoms with Crippen molar-refractivity contribution < 1.29 is 22.3 Å². The second kappa shape index (κ2) is 8.59. The van der Waals surface area contributed by atoms with E-state index < -0.39 is 6.36 Å². The van der Waals surface area contributed by atoms with Crippen molar-refractivity contribution in [1.82, 2.24) is 15.6 Å². The van der Waals surface area contributed by atoms with Gasteiger partial charge in [0.1, 0.15) is 11.5 Å². The fourth-order valence-electron chi connectivity index (χ4n) is 2.14. The molecule has 0 fully saturated rings. The maximum absolute atomic E-state index is 12.5. The Bertz CT molecular complexity index is 737. The Morgan fingerprint density at radius 1 is 1.23 bits per heavy atom. The molecule has 26 heavy (non-hydrogen) atoms. The molecule has 2 aromatic rings. The summed E-state index contributed by atoms with van der Waals surface area (Å²) in [6.45, 7) is 6.47. The lowest BCUT2D eigenvalue weighted by Crippen LogP contribution is -2.36. The summed E-state index contributed by atoms with van der Waals surface area (Å²) in [5.74, 6) is 1.41. The number of oxazole rings is 1. The molecule has 0 amide bonds. The number of nitrogens with zero attached hydrogens (tertiary/aromatic N) is 2. The number of aromatic nitrogens is 1. The van der Waals surface area contributed by atoms with E-state index in [1.54, 1.807) is 6.07 Å². The molecule has 0 atom stereocenters. The summed E-state index contributed by atoms with van der Waals surface area (Å²) in [4.78, 5) is 8.55. The molecule has 0 spiro atoms. The average molecular weight is 370 g/mol. The summed E-state index contributed by atoms with van der Waals surface area (Å²) >= 11 is 0. The van der Waals surface area contributed by atoms with E-state index in [9.17, 15) is 13.2 Å². The van der Waals surface area contributed by atoms with Crippen molar-refractivity contribution in [2.45, 2.75) is 40.2 Å². The summed E-state index contributed by atoms with van der Waals surface area (Å²) in [6.07, 6.45) is -4.75. The van der Waals surface area contributed by atoms with Gasteiger partial charge in [-0.05, 0) is 26.8 Å². The van der Waals surface area contributed by atoms with Crippen LogP contribution in [0.2, 0.25) is 0 Å². The predicted molar refractivity (Wildman–Crippen MR) is 90.8 cm³/mol. The summed E-state index contributed by atoms with van der Waals surface area (Å²) in [5.41, 5.74) is 1.13. The molecule has 2 rings (SSSR count). The Balaban J connectivity index is 2.06. The van der Waals surface area contributed by atoms with E-state index in [0.29, 0.717) is 30.5 Å². The van der Waals surface area contributed by atoms with Gasteiger partial charge in [-0.25, -0.2) is 9.98 Å². The molecule has 6 nitrogen and oxygen atoms in total. The number of aryl methyl sites for hydroxylation is 2. The quantitative estimate of drug-likeness (QED) is 0.602. The minimum atomic E-state index is -4.75. The third-order valence-electron chi connectivity index (χ3n) is 3.43. The molecule has 2 N–H and O–H groups in total. The summed E-state index contributed by atoms with van der Waals surface area (Å²) in [7, 11) is 0. The van der Waals surface area contributed by atoms with E-state index in [1.807, 2.05) is 20.8 Å². The topological polar surface area (TPSA) is 71.7 Å². The van der Waals surface area contributed by atoms with E-state index in [0.717, 1.165) is 11.5 Å². The number of alkyl halides is 3. The van der Waals surface area contributed by atoms with Crippen LogP contribution in [0, 0.1) is 13.8 Å². The summed E-state index contributed by atoms with van der Waals surface area (Å²) in [5, 5.41) is 6.05. The predicted octanol–water partition coefficient (Wildman–Crippen LogP) is 3.45. The van der Waals surface area contributed by atoms with E-state index in [1.165, 1.54) is 18.2 Å². The number of guanidine groups is 1. The molecule has 0 aliphatic rings. The molecular weight excluding hydrogens is 349 g/mol. The van der Waals surface area contributed by atoms with E-state index in [4.69, 9.17) is 4.42 Å². The lowest BCUT2D eigenvalue weighted by atomic mass is 10.2. The third kappa shape index (κ3) is 5.98. The smallest absolute Gasteiger partial charge is 0.444 e. The average Bonchev–Trinajstić information content (AvgIpc) is 2.88. The van der Waals surface area contributed by atoms with Crippen LogP contribution in [0.4, 0.5) is 13.2 Å². The molecule has 0 bridgehead atoms. The number of para-hydroxylation sites is 1. The maximum atomic E-state index is 12.5. The summed E-state index contributed by atoms with van der Waals surface area (Å²) in [6, 6.07) is 5.91. The van der Waals surface area contributed by atoms with Gasteiger partial charge in [0.05, 0.1) is 18.8 Å². The Morgan fingerprint density at radius 3 is 2.58 bits per heavy atom. The number of halogens is 3. The molecule has 0 aliphatic carbocycles. The SMILES string of the molecule is CCNC(=NCc1ccccc1OC(F)(F)F)NCc1nc(C)c(C)o1. The standard InChI is InChI=1S/C17H21F3N4O2/c1-4-21-16(23-10-15-24-11(2)12(3)25-15)22-9-13-7-5-6-8-14(13)26-17(18,19)20/h5-8H,4,9-10H2,1-3H3,(H2,21,22,23). The second-order valence-electron chi connectivity index (χ2n) is 5.45. The first kappa shape index (κ1) is 19.6. The van der Waals surface area contributed by atoms with Crippen molar-refractivity contribution in [3.05, 3.63) is 47.2 Å². The minimum absolute atomic E-state index is 0.0191. The van der Waals surface area contributed by atoms with E-state index in [2.05, 4.69) is 25.3 Å². The number of ether oxygens (including phenoxy) is 1. The van der Waals surface area contributed by atoms with Crippen LogP contribution in [0.25, 0.3) is 0 Å². The van der Waals surface area contributed by atoms with Gasteiger partial charge in [0, 0.05) is 12.1 Å². The van der Waals surface area contributed by atoms with E-state index in [-0.39, 0.29) is 12.3 Å². The Hall–Kier alpha value is -2.71. The molecule has 0 saturated heterocycles. The monoisotopic (exact) mass is 370 g/mol. The van der Waals surface area contributed by atoms with Crippen LogP contribution in [0.1, 0.15) is 29.8 Å². The highest BCUT2D eigenvalue weighted by Crippen LogP contribution is 2.26. The minimum Gasteiger partial charge on any atom is -0.444 e. The van der Waals surface area contributed by atoms with Gasteiger partial charge in [0.2, 0.25) is 5.89 Å². The van der Waals surface area contributed by atoms with Crippen LogP contribution < -0.4 is 15.4 Å². The molecular formula is C17H21F3N4O2. The highest BCUT2D eigenvalue weighted by molar-refractivity contribution is 5.79. The van der Waals surface area contributed by atoms with Gasteiger partial charge in [-0.15, -0.1) is 13.2 Å². The van der Waals surface area contributed by atoms with Gasteiger partial charge in [0.25, 0.3) is 0 Å². The molecule has 1 aromatic heterocycles. The largest absolute Gasteiger partial charge is 0.573 e. The zero-order valence-corrected chi connectivity index (χ0v) is 14.8. The molecule has 0 unspecified atom stereocenters. The van der Waals surface area contributed by atoms with Crippen LogP contribution in [0.15, 0.2) is 33.7 Å². The fourth-order valence-corrected chi connectivity index (χ4v) is 2.14. The summed E-state index contributed by atoms with van der Waals surface area (Å²) < 4.78 is 47.0. The van der Waals surface area contributed by atoms with Crippen LogP contribution >= 0.6 is 0 Å². The van der Waals surface area contributed by atoms with Crippen LogP contribution in [0.5, 0.6) is 5.75 Å². The first-order valence-electron chi connectivity index (χ1n) is 8.07. The van der Waals surface area contributed by atoms with Crippen LogP contribution in [-0.4, -0.2) is 23.9 Å². The van der Waals surface area contributed by atoms with Crippen molar-refractivity contribution in [3.8, 4) is 5.75 Å². The molecule has 0 radical (unpaired) electrons. The molecule has 1 heterocycles. The first-order valence-corrected chi connectivity index (χ1v) is 8.07. The molecule has 0 aliphatic heterocycles. The number of benzene rings is 1. The molecule has 9 heteroatoms. The zero-order valence-electron chi connectivity index (χ0n) is 14.8. The number of aliphatic imine (C=N–C) groups is 1. The second-order valence-corrected chi connectivity index (χ2v) is 5.45. The van der Waals surface area contributed by atoms with Crippen molar-refractivity contribution in [3.63, 3.8) is 0 Å². The Labute approximate surface area is 149 Å². The zero-order chi connectivity index (χ0) is 19.2. The van der Waals surface area contributed by atoms with Crippen molar-refractivity contribution >= 4 is 5.96 Å². The van der Waals surface area contributed by atoms with Gasteiger partial charge in [0.15, 0.2) is 5.96 Å². The normalized spacial score (nSPS) is 12.2. The Morgan fingerprint density at radius 2 is 1.96 bits per heavy atom. The van der Waals surface area contributed by atoms with Crippen molar-refractivity contribution in [1.29, 1.82) is 0 Å². The number of rotatable bonds is 6. The Kier molecular flexibility index (Phi) is 6.48. The van der Waals surface area contributed by atoms with Crippen LogP contribution in [0.3, 0.4) is 0 Å². The van der Waals surface area contributed by atoms with Crippen molar-refractivity contribution in [2.75, 3.05) is 6.54 Å². The lowest BCUT2D eigenvalue weighted by Gasteiger charge is -2.13. The van der Waals surface area contributed by atoms with Crippen LogP contribution in [-0.2, 0) is 13.1 Å². The van der Waals surface area contributed by atoms with Crippen molar-refractivity contribution in [2.24, 2.45) is 4.99 Å². The molecule has 0 saturated carbocycles. The first-order chi connectivity index (χ1) is 12.3. The molecule has 1 aromatic carbocycles. The lowest BCUT2D eigenvalue weighted by molar-refractivity contribution is -0.274. The van der Waals surface area contributed by atoms with E-state index >= 15 is 0 Å². The van der Waals surface area contributed by atoms with Gasteiger partial charge >= 0.3 is 6.36 Å². The number of hydrogen-bond acceptors (Lipinski definition) is 4. The highest BCUT2D eigenvalue weighted by Gasteiger charge is 2.31. The maximum Gasteiger partial charge on any atom is 0.573 e. The fraction of sp³-hybridized carbons (Fsp3) is 0.412. The van der Waals surface area contributed by atoms with Gasteiger partial charge < -0.3 is 19.8 Å². The van der Waals surface area contributed by atoms with Gasteiger partial charge in [-0.3, -0.25) is 0 Å². The highest BCUT2D eigenvalue weighted by atomic mass is 19.4. The number of hydrogen-bond donors (Lipinski definition) is 2. The molecule has 142 valence electrons. The van der Waals surface area contributed by atoms with Gasteiger partial charge in [-0.2, -0.15) is 0 Å². The van der Waals surface area contributed by atoms with Gasteiger partial charge in [-0.1, -0.05) is 18.2 Å². The number of nitrogens with one attached hydrogen (secondary N) is 2. The third-order valence-corrected chi connectivity index (χ3v) is 3.43.